The van der Waals surface area contributed by atoms with E-state index >= 15 is 0 Å². The number of methoxy groups -OCH3 is 1. The molecular weight excluding hydrogens is 415 g/mol. The predicted molar refractivity (Wildman–Crippen MR) is 127 cm³/mol. The highest BCUT2D eigenvalue weighted by atomic mass is 35.5. The van der Waals surface area contributed by atoms with E-state index in [2.05, 4.69) is 24.1 Å². The van der Waals surface area contributed by atoms with Crippen LogP contribution in [0.5, 0.6) is 5.75 Å². The van der Waals surface area contributed by atoms with Crippen molar-refractivity contribution in [1.29, 1.82) is 0 Å². The van der Waals surface area contributed by atoms with E-state index < -0.39 is 5.82 Å². The summed E-state index contributed by atoms with van der Waals surface area (Å²) in [5, 5.41) is 3.15. The Labute approximate surface area is 190 Å². The van der Waals surface area contributed by atoms with Gasteiger partial charge in [0.2, 0.25) is 5.91 Å². The van der Waals surface area contributed by atoms with Crippen LogP contribution in [0.4, 0.5) is 10.1 Å². The van der Waals surface area contributed by atoms with E-state index in [1.165, 1.54) is 24.3 Å². The fraction of sp³-hybridized carbons (Fsp3) is 0.400. The van der Waals surface area contributed by atoms with Crippen LogP contribution in [0.1, 0.15) is 44.2 Å². The number of hydrogen-bond donors (Lipinski definition) is 1. The number of nitrogens with one attached hydrogen (secondary N) is 1. The van der Waals surface area contributed by atoms with Gasteiger partial charge in [0.1, 0.15) is 11.6 Å². The van der Waals surface area contributed by atoms with Gasteiger partial charge < -0.3 is 15.0 Å². The quantitative estimate of drug-likeness (QED) is 0.395. The lowest BCUT2D eigenvalue weighted by atomic mass is 10.1. The van der Waals surface area contributed by atoms with Crippen molar-refractivity contribution >= 4 is 29.3 Å². The zero-order valence-electron chi connectivity index (χ0n) is 18.6. The standard InChI is InChI=1S/C25H32ClFN2O2/c1-4-14-29(15-5-2)16-6-7-20-17-22(11-12-24(20)31-3)28-25(30)13-9-19-8-10-21(26)18-23(19)27/h8-13,17-18H,4-7,14-16H2,1-3H3,(H,28,30). The molecule has 2 rings (SSSR count). The first-order chi connectivity index (χ1) is 15.0. The summed E-state index contributed by atoms with van der Waals surface area (Å²) in [4.78, 5) is 14.8. The first-order valence-corrected chi connectivity index (χ1v) is 11.2. The highest BCUT2D eigenvalue weighted by molar-refractivity contribution is 6.30. The van der Waals surface area contributed by atoms with Gasteiger partial charge in [-0.25, -0.2) is 4.39 Å². The molecule has 0 radical (unpaired) electrons. The van der Waals surface area contributed by atoms with E-state index in [0.717, 1.165) is 56.6 Å². The molecule has 0 saturated heterocycles. The molecule has 0 saturated carbocycles. The van der Waals surface area contributed by atoms with Crippen LogP contribution in [-0.2, 0) is 11.2 Å². The molecule has 1 N–H and O–H groups in total. The molecule has 0 aromatic heterocycles. The third kappa shape index (κ3) is 8.35. The smallest absolute Gasteiger partial charge is 0.248 e. The Balaban J connectivity index is 2.00. The number of amides is 1. The fourth-order valence-electron chi connectivity index (χ4n) is 3.50. The highest BCUT2D eigenvalue weighted by Crippen LogP contribution is 2.24. The summed E-state index contributed by atoms with van der Waals surface area (Å²) >= 11 is 5.75. The van der Waals surface area contributed by atoms with Gasteiger partial charge in [-0.15, -0.1) is 0 Å². The van der Waals surface area contributed by atoms with Crippen LogP contribution in [0.25, 0.3) is 6.08 Å². The molecule has 6 heteroatoms. The van der Waals surface area contributed by atoms with Crippen LogP contribution in [0.15, 0.2) is 42.5 Å². The number of anilines is 1. The van der Waals surface area contributed by atoms with Gasteiger partial charge in [-0.1, -0.05) is 31.5 Å². The monoisotopic (exact) mass is 446 g/mol. The summed E-state index contributed by atoms with van der Waals surface area (Å²) in [5.41, 5.74) is 2.04. The molecule has 0 bridgehead atoms. The number of nitrogens with zero attached hydrogens (tertiary/aromatic N) is 1. The van der Waals surface area contributed by atoms with Crippen LogP contribution in [0, 0.1) is 5.82 Å². The number of carbonyl (C=O) groups is 1. The summed E-state index contributed by atoms with van der Waals surface area (Å²) < 4.78 is 19.3. The Morgan fingerprint density at radius 2 is 1.87 bits per heavy atom. The average Bonchev–Trinajstić information content (AvgIpc) is 2.73. The zero-order chi connectivity index (χ0) is 22.6. The molecule has 0 unspecified atom stereocenters. The second-order valence-electron chi connectivity index (χ2n) is 7.46. The lowest BCUT2D eigenvalue weighted by Crippen LogP contribution is -2.26. The second kappa shape index (κ2) is 13.1. The normalized spacial score (nSPS) is 11.3. The molecule has 1 amide bonds. The van der Waals surface area contributed by atoms with Crippen LogP contribution >= 0.6 is 11.6 Å². The predicted octanol–water partition coefficient (Wildman–Crippen LogP) is 6.19. The summed E-state index contributed by atoms with van der Waals surface area (Å²) in [6.07, 6.45) is 6.92. The SMILES string of the molecule is CCCN(CCC)CCCc1cc(NC(=O)C=Cc2ccc(Cl)cc2F)ccc1OC. The van der Waals surface area contributed by atoms with Gasteiger partial charge in [-0.05, 0) is 87.3 Å². The number of carbonyl (C=O) groups excluding carboxylic acids is 1. The lowest BCUT2D eigenvalue weighted by Gasteiger charge is -2.21. The molecule has 0 heterocycles. The van der Waals surface area contributed by atoms with Crippen molar-refractivity contribution < 1.29 is 13.9 Å². The summed E-state index contributed by atoms with van der Waals surface area (Å²) in [5.74, 6) is 0.0142. The third-order valence-corrected chi connectivity index (χ3v) is 5.16. The van der Waals surface area contributed by atoms with Crippen molar-refractivity contribution in [3.63, 3.8) is 0 Å². The maximum absolute atomic E-state index is 13.9. The van der Waals surface area contributed by atoms with Crippen molar-refractivity contribution in [2.45, 2.75) is 39.5 Å². The molecule has 4 nitrogen and oxygen atoms in total. The van der Waals surface area contributed by atoms with E-state index in [1.54, 1.807) is 19.2 Å². The average molecular weight is 447 g/mol. The van der Waals surface area contributed by atoms with Gasteiger partial charge >= 0.3 is 0 Å². The summed E-state index contributed by atoms with van der Waals surface area (Å²) in [7, 11) is 1.65. The van der Waals surface area contributed by atoms with Crippen molar-refractivity contribution in [2.75, 3.05) is 32.1 Å². The highest BCUT2D eigenvalue weighted by Gasteiger charge is 2.08. The number of rotatable bonds is 12. The topological polar surface area (TPSA) is 41.6 Å². The number of halogens is 2. The summed E-state index contributed by atoms with van der Waals surface area (Å²) in [6, 6.07) is 9.95. The Kier molecular flexibility index (Phi) is 10.5. The van der Waals surface area contributed by atoms with Gasteiger partial charge in [-0.2, -0.15) is 0 Å². The molecule has 0 fully saturated rings. The minimum Gasteiger partial charge on any atom is -0.496 e. The molecule has 0 spiro atoms. The van der Waals surface area contributed by atoms with Crippen molar-refractivity contribution in [1.82, 2.24) is 4.90 Å². The molecule has 31 heavy (non-hydrogen) atoms. The maximum Gasteiger partial charge on any atom is 0.248 e. The van der Waals surface area contributed by atoms with Gasteiger partial charge in [0.15, 0.2) is 0 Å². The molecule has 0 aliphatic carbocycles. The molecule has 0 atom stereocenters. The van der Waals surface area contributed by atoms with Gasteiger partial charge in [0, 0.05) is 22.3 Å². The van der Waals surface area contributed by atoms with Gasteiger partial charge in [0.25, 0.3) is 0 Å². The van der Waals surface area contributed by atoms with Crippen molar-refractivity contribution in [2.24, 2.45) is 0 Å². The largest absolute Gasteiger partial charge is 0.496 e. The molecule has 0 aliphatic rings. The minimum absolute atomic E-state index is 0.304. The molecule has 168 valence electrons. The van der Waals surface area contributed by atoms with Crippen LogP contribution in [0.3, 0.4) is 0 Å². The second-order valence-corrected chi connectivity index (χ2v) is 7.90. The number of aryl methyl sites for hydroxylation is 1. The Bertz CT molecular complexity index is 880. The van der Waals surface area contributed by atoms with Gasteiger partial charge in [0.05, 0.1) is 7.11 Å². The molecule has 2 aromatic carbocycles. The Morgan fingerprint density at radius 1 is 1.13 bits per heavy atom. The Hall–Kier alpha value is -2.37. The van der Waals surface area contributed by atoms with E-state index in [0.29, 0.717) is 16.3 Å². The van der Waals surface area contributed by atoms with Crippen molar-refractivity contribution in [3.05, 3.63) is 64.4 Å². The molecule has 2 aromatic rings. The van der Waals surface area contributed by atoms with Crippen LogP contribution in [-0.4, -0.2) is 37.6 Å². The summed E-state index contributed by atoms with van der Waals surface area (Å²) in [6.45, 7) is 7.67. The fourth-order valence-corrected chi connectivity index (χ4v) is 3.66. The molecule has 0 aliphatic heterocycles. The van der Waals surface area contributed by atoms with Crippen molar-refractivity contribution in [3.8, 4) is 5.75 Å². The van der Waals surface area contributed by atoms with E-state index in [4.69, 9.17) is 16.3 Å². The zero-order valence-corrected chi connectivity index (χ0v) is 19.3. The molecular formula is C25H32ClFN2O2. The maximum atomic E-state index is 13.9. The third-order valence-electron chi connectivity index (χ3n) is 4.92. The first kappa shape index (κ1) is 24.9. The number of ether oxygens (including phenoxy) is 1. The Morgan fingerprint density at radius 3 is 2.52 bits per heavy atom. The number of hydrogen-bond acceptors (Lipinski definition) is 3. The minimum atomic E-state index is -0.469. The van der Waals surface area contributed by atoms with Crippen LogP contribution in [0.2, 0.25) is 5.02 Å². The van der Waals surface area contributed by atoms with Gasteiger partial charge in [-0.3, -0.25) is 4.79 Å². The lowest BCUT2D eigenvalue weighted by molar-refractivity contribution is -0.111. The first-order valence-electron chi connectivity index (χ1n) is 10.8. The van der Waals surface area contributed by atoms with E-state index in [-0.39, 0.29) is 5.91 Å². The van der Waals surface area contributed by atoms with E-state index in [1.807, 2.05) is 12.1 Å². The number of benzene rings is 2. The van der Waals surface area contributed by atoms with E-state index in [9.17, 15) is 9.18 Å². The van der Waals surface area contributed by atoms with Crippen LogP contribution < -0.4 is 10.1 Å².